The Morgan fingerprint density at radius 3 is 2.54 bits per heavy atom. The zero-order valence-corrected chi connectivity index (χ0v) is 28.5. The van der Waals surface area contributed by atoms with Gasteiger partial charge in [0.05, 0.1) is 24.5 Å². The van der Waals surface area contributed by atoms with Gasteiger partial charge in [-0.05, 0) is 45.1 Å². The van der Waals surface area contributed by atoms with E-state index < -0.39 is 41.7 Å². The molecule has 0 aromatic heterocycles. The van der Waals surface area contributed by atoms with Gasteiger partial charge in [-0.2, -0.15) is 0 Å². The molecule has 0 radical (unpaired) electrons. The van der Waals surface area contributed by atoms with Crippen LogP contribution in [0.1, 0.15) is 70.5 Å². The van der Waals surface area contributed by atoms with E-state index >= 15 is 0 Å². The van der Waals surface area contributed by atoms with E-state index in [4.69, 9.17) is 9.47 Å². The SMILES string of the molecule is C=CCCC(=O)NC[C@@H](OC(=O)[C@H]1[C@@H]2O[C@@]3(CC2Br)[C@@H]1C(=O)N(CCCCCCO)[C@@H]3C(=O)N(CC=C)C(C)C)c1ccccc1. The summed E-state index contributed by atoms with van der Waals surface area (Å²) in [5.74, 6) is -3.10. The standard InChI is InChI=1S/C35H48BrN3O7/c1-5-7-17-27(41)37-22-26(24-15-11-10-12-16-24)45-34(44)28-29-32(42)39(19-13-8-9-14-20-40)31(33(43)38(18-6-2)23(3)4)35(29)21-25(36)30(28)46-35/h5-6,10-12,15-16,23,25-26,28-31,40H,1-2,7-9,13-14,17-22H2,3-4H3,(H,37,41)/t25?,26-,28-,29+,30-,31-,35+/m1/s1. The molecule has 3 fully saturated rings. The van der Waals surface area contributed by atoms with E-state index in [0.717, 1.165) is 12.8 Å². The molecule has 252 valence electrons. The molecular formula is C35H48BrN3O7. The molecular weight excluding hydrogens is 654 g/mol. The fourth-order valence-corrected chi connectivity index (χ4v) is 8.10. The van der Waals surface area contributed by atoms with E-state index in [2.05, 4.69) is 34.4 Å². The van der Waals surface area contributed by atoms with Crippen LogP contribution in [0.3, 0.4) is 0 Å². The lowest BCUT2D eigenvalue weighted by Crippen LogP contribution is -2.58. The average molecular weight is 703 g/mol. The number of hydrogen-bond acceptors (Lipinski definition) is 7. The fourth-order valence-electron chi connectivity index (χ4n) is 7.16. The number of likely N-dealkylation sites (tertiary alicyclic amines) is 1. The number of carbonyl (C=O) groups is 4. The summed E-state index contributed by atoms with van der Waals surface area (Å²) >= 11 is 3.72. The lowest BCUT2D eigenvalue weighted by Gasteiger charge is -2.38. The van der Waals surface area contributed by atoms with Gasteiger partial charge in [-0.15, -0.1) is 13.2 Å². The third-order valence-corrected chi connectivity index (χ3v) is 10.2. The van der Waals surface area contributed by atoms with Gasteiger partial charge in [-0.25, -0.2) is 0 Å². The Kier molecular flexibility index (Phi) is 12.6. The molecule has 11 heteroatoms. The van der Waals surface area contributed by atoms with Crippen molar-refractivity contribution in [1.29, 1.82) is 0 Å². The maximum atomic E-state index is 14.4. The first-order valence-electron chi connectivity index (χ1n) is 16.4. The summed E-state index contributed by atoms with van der Waals surface area (Å²) in [7, 11) is 0. The molecule has 3 saturated heterocycles. The molecule has 7 atom stereocenters. The highest BCUT2D eigenvalue weighted by atomic mass is 79.9. The van der Waals surface area contributed by atoms with Crippen molar-refractivity contribution in [2.24, 2.45) is 11.8 Å². The van der Waals surface area contributed by atoms with Crippen molar-refractivity contribution >= 4 is 39.6 Å². The second-order valence-electron chi connectivity index (χ2n) is 12.7. The second kappa shape index (κ2) is 16.2. The molecule has 3 heterocycles. The molecule has 46 heavy (non-hydrogen) atoms. The van der Waals surface area contributed by atoms with Crippen molar-refractivity contribution in [2.75, 3.05) is 26.2 Å². The summed E-state index contributed by atoms with van der Waals surface area (Å²) in [6, 6.07) is 8.13. The molecule has 10 nitrogen and oxygen atoms in total. The number of nitrogens with one attached hydrogen (secondary N) is 1. The number of carbonyl (C=O) groups excluding carboxylic acids is 4. The number of amides is 3. The first-order valence-corrected chi connectivity index (χ1v) is 17.3. The summed E-state index contributed by atoms with van der Waals surface area (Å²) < 4.78 is 12.8. The van der Waals surface area contributed by atoms with Gasteiger partial charge in [0, 0.05) is 37.0 Å². The van der Waals surface area contributed by atoms with Crippen molar-refractivity contribution in [3.05, 3.63) is 61.2 Å². The normalized spacial score (nSPS) is 26.9. The van der Waals surface area contributed by atoms with Gasteiger partial charge in [0.1, 0.15) is 17.7 Å². The molecule has 0 aliphatic carbocycles. The van der Waals surface area contributed by atoms with Gasteiger partial charge in [0.25, 0.3) is 0 Å². The molecule has 2 bridgehead atoms. The number of ether oxygens (including phenoxy) is 2. The highest BCUT2D eigenvalue weighted by Crippen LogP contribution is 2.60. The molecule has 0 saturated carbocycles. The smallest absolute Gasteiger partial charge is 0.313 e. The quantitative estimate of drug-likeness (QED) is 0.102. The van der Waals surface area contributed by atoms with E-state index in [1.54, 1.807) is 22.0 Å². The van der Waals surface area contributed by atoms with E-state index in [0.29, 0.717) is 44.3 Å². The van der Waals surface area contributed by atoms with Crippen LogP contribution in [0.2, 0.25) is 0 Å². The van der Waals surface area contributed by atoms with Crippen LogP contribution < -0.4 is 5.32 Å². The Bertz CT molecular complexity index is 1260. The number of unbranched alkanes of at least 4 members (excludes halogenated alkanes) is 3. The topological polar surface area (TPSA) is 125 Å². The molecule has 3 amide bonds. The van der Waals surface area contributed by atoms with Crippen LogP contribution in [0.5, 0.6) is 0 Å². The minimum atomic E-state index is -1.20. The molecule has 3 aliphatic heterocycles. The van der Waals surface area contributed by atoms with Crippen LogP contribution >= 0.6 is 15.9 Å². The second-order valence-corrected chi connectivity index (χ2v) is 13.8. The summed E-state index contributed by atoms with van der Waals surface area (Å²) in [6.07, 6.45) is 6.01. The number of nitrogens with zero attached hydrogens (tertiary/aromatic N) is 2. The molecule has 3 aliphatic rings. The molecule has 4 rings (SSSR count). The summed E-state index contributed by atoms with van der Waals surface area (Å²) in [5.41, 5.74) is -0.488. The van der Waals surface area contributed by atoms with Crippen molar-refractivity contribution in [1.82, 2.24) is 15.1 Å². The highest BCUT2D eigenvalue weighted by molar-refractivity contribution is 9.09. The van der Waals surface area contributed by atoms with Gasteiger partial charge >= 0.3 is 5.97 Å². The van der Waals surface area contributed by atoms with E-state index in [1.807, 2.05) is 44.2 Å². The van der Waals surface area contributed by atoms with E-state index in [-0.39, 0.29) is 48.2 Å². The Balaban J connectivity index is 1.64. The maximum Gasteiger partial charge on any atom is 0.313 e. The van der Waals surface area contributed by atoms with Crippen molar-refractivity contribution in [2.45, 2.75) is 93.5 Å². The molecule has 1 spiro atoms. The minimum Gasteiger partial charge on any atom is -0.455 e. The number of aliphatic hydroxyl groups is 1. The number of esters is 1. The van der Waals surface area contributed by atoms with Crippen LogP contribution in [0.15, 0.2) is 55.6 Å². The number of fused-ring (bicyclic) bond motifs is 1. The number of rotatable bonds is 18. The zero-order valence-electron chi connectivity index (χ0n) is 26.9. The predicted molar refractivity (Wildman–Crippen MR) is 178 cm³/mol. The lowest BCUT2D eigenvalue weighted by atomic mass is 9.70. The van der Waals surface area contributed by atoms with Gasteiger partial charge < -0.3 is 29.7 Å². The van der Waals surface area contributed by atoms with Crippen LogP contribution in [0.4, 0.5) is 0 Å². The van der Waals surface area contributed by atoms with Crippen LogP contribution in [0.25, 0.3) is 0 Å². The zero-order chi connectivity index (χ0) is 33.4. The first-order chi connectivity index (χ1) is 22.1. The maximum absolute atomic E-state index is 14.4. The largest absolute Gasteiger partial charge is 0.455 e. The van der Waals surface area contributed by atoms with E-state index in [1.165, 1.54) is 0 Å². The third kappa shape index (κ3) is 7.42. The number of hydrogen-bond donors (Lipinski definition) is 2. The van der Waals surface area contributed by atoms with Gasteiger partial charge in [-0.3, -0.25) is 19.2 Å². The summed E-state index contributed by atoms with van der Waals surface area (Å²) in [6.45, 7) is 12.2. The Hall–Kier alpha value is -3.02. The number of alkyl halides is 1. The molecule has 1 aromatic carbocycles. The molecule has 1 unspecified atom stereocenters. The number of benzene rings is 1. The van der Waals surface area contributed by atoms with Crippen molar-refractivity contribution in [3.8, 4) is 0 Å². The van der Waals surface area contributed by atoms with Gasteiger partial charge in [0.2, 0.25) is 17.7 Å². The van der Waals surface area contributed by atoms with Crippen LogP contribution in [-0.4, -0.2) is 93.5 Å². The van der Waals surface area contributed by atoms with E-state index in [9.17, 15) is 24.3 Å². The number of aliphatic hydroxyl groups excluding tert-OH is 1. The van der Waals surface area contributed by atoms with Crippen molar-refractivity contribution in [3.63, 3.8) is 0 Å². The summed E-state index contributed by atoms with van der Waals surface area (Å²) in [4.78, 5) is 58.4. The number of allylic oxidation sites excluding steroid dienone is 1. The number of halogens is 1. The highest BCUT2D eigenvalue weighted by Gasteiger charge is 2.77. The third-order valence-electron chi connectivity index (χ3n) is 9.32. The van der Waals surface area contributed by atoms with Gasteiger partial charge in [0.15, 0.2) is 0 Å². The Morgan fingerprint density at radius 1 is 1.17 bits per heavy atom. The molecule has 1 aromatic rings. The minimum absolute atomic E-state index is 0.0669. The van der Waals surface area contributed by atoms with Crippen LogP contribution in [-0.2, 0) is 28.7 Å². The fraction of sp³-hybridized carbons (Fsp3) is 0.600. The first kappa shape index (κ1) is 35.8. The molecule has 2 N–H and O–H groups in total. The summed E-state index contributed by atoms with van der Waals surface area (Å²) in [5, 5.41) is 12.1. The van der Waals surface area contributed by atoms with Crippen LogP contribution in [0, 0.1) is 11.8 Å². The monoisotopic (exact) mass is 701 g/mol. The van der Waals surface area contributed by atoms with Gasteiger partial charge in [-0.1, -0.05) is 71.3 Å². The lowest BCUT2D eigenvalue weighted by molar-refractivity contribution is -0.160. The van der Waals surface area contributed by atoms with Crippen molar-refractivity contribution < 1.29 is 33.8 Å². The Morgan fingerprint density at radius 2 is 1.89 bits per heavy atom. The Labute approximate surface area is 280 Å². The predicted octanol–water partition coefficient (Wildman–Crippen LogP) is 4.08. The average Bonchev–Trinajstić information content (AvgIpc) is 3.63.